The Labute approximate surface area is 71.1 Å². The van der Waals surface area contributed by atoms with Crippen LogP contribution < -0.4 is 0 Å². The standard InChI is InChI=1S/C5H8Br2S/c1-3-2-4(6)8-5(3)7/h3-5H,2H2,1H3/p+1. The summed E-state index contributed by atoms with van der Waals surface area (Å²) in [6, 6.07) is 0. The third-order valence-corrected chi connectivity index (χ3v) is 5.36. The van der Waals surface area contributed by atoms with Crippen molar-refractivity contribution in [2.45, 2.75) is 21.7 Å². The largest absolute Gasteiger partial charge is 0.173 e. The highest BCUT2D eigenvalue weighted by Gasteiger charge is 2.35. The Morgan fingerprint density at radius 1 is 1.50 bits per heavy atom. The topological polar surface area (TPSA) is 0 Å². The van der Waals surface area contributed by atoms with Gasteiger partial charge in [0.1, 0.15) is 0 Å². The minimum absolute atomic E-state index is 0.729. The molecule has 0 aromatic carbocycles. The monoisotopic (exact) mass is 259 g/mol. The minimum Gasteiger partial charge on any atom is -0.0566 e. The molecule has 0 amide bonds. The number of hydrogen-bond donors (Lipinski definition) is 0. The van der Waals surface area contributed by atoms with Crippen molar-refractivity contribution >= 4 is 43.6 Å². The van der Waals surface area contributed by atoms with Crippen molar-refractivity contribution in [1.82, 2.24) is 0 Å². The first-order chi connectivity index (χ1) is 3.70. The van der Waals surface area contributed by atoms with Gasteiger partial charge in [-0.05, 0) is 31.9 Å². The zero-order valence-corrected chi connectivity index (χ0v) is 8.71. The average molecular weight is 261 g/mol. The lowest BCUT2D eigenvalue weighted by molar-refractivity contribution is 0.644. The number of alkyl halides is 2. The van der Waals surface area contributed by atoms with Crippen molar-refractivity contribution < 1.29 is 0 Å². The fourth-order valence-corrected chi connectivity index (χ4v) is 5.34. The summed E-state index contributed by atoms with van der Waals surface area (Å²) in [5.74, 6) is 0.848. The van der Waals surface area contributed by atoms with Crippen LogP contribution >= 0.6 is 31.9 Å². The lowest BCUT2D eigenvalue weighted by Crippen LogP contribution is -2.00. The molecule has 3 unspecified atom stereocenters. The van der Waals surface area contributed by atoms with Crippen molar-refractivity contribution in [3.63, 3.8) is 0 Å². The van der Waals surface area contributed by atoms with Gasteiger partial charge in [0, 0.05) is 24.1 Å². The molecule has 1 rings (SSSR count). The van der Waals surface area contributed by atoms with E-state index in [1.807, 2.05) is 0 Å². The first-order valence-electron chi connectivity index (χ1n) is 2.68. The van der Waals surface area contributed by atoms with Crippen LogP contribution in [0.15, 0.2) is 0 Å². The van der Waals surface area contributed by atoms with Crippen LogP contribution in [0.2, 0.25) is 0 Å². The van der Waals surface area contributed by atoms with Crippen LogP contribution in [0.4, 0.5) is 0 Å². The van der Waals surface area contributed by atoms with E-state index in [1.54, 1.807) is 0 Å². The van der Waals surface area contributed by atoms with Gasteiger partial charge in [0.15, 0.2) is 8.32 Å². The van der Waals surface area contributed by atoms with E-state index in [1.165, 1.54) is 18.2 Å². The third-order valence-electron chi connectivity index (χ3n) is 1.34. The number of rotatable bonds is 0. The molecule has 8 heavy (non-hydrogen) atoms. The summed E-state index contributed by atoms with van der Waals surface area (Å²) in [6.07, 6.45) is 1.32. The molecule has 0 N–H and O–H groups in total. The van der Waals surface area contributed by atoms with Crippen LogP contribution in [-0.2, 0) is 11.8 Å². The van der Waals surface area contributed by atoms with E-state index < -0.39 is 0 Å². The van der Waals surface area contributed by atoms with Crippen LogP contribution in [-0.4, -0.2) is 8.32 Å². The minimum atomic E-state index is 0.729. The molecule has 3 atom stereocenters. The predicted molar refractivity (Wildman–Crippen MR) is 48.0 cm³/mol. The van der Waals surface area contributed by atoms with Gasteiger partial charge in [0.2, 0.25) is 0 Å². The van der Waals surface area contributed by atoms with Crippen molar-refractivity contribution in [3.8, 4) is 0 Å². The van der Waals surface area contributed by atoms with E-state index in [-0.39, 0.29) is 0 Å². The zero-order valence-electron chi connectivity index (χ0n) is 4.64. The first-order valence-corrected chi connectivity index (χ1v) is 5.54. The van der Waals surface area contributed by atoms with Crippen molar-refractivity contribution in [1.29, 1.82) is 0 Å². The van der Waals surface area contributed by atoms with E-state index in [9.17, 15) is 0 Å². The lowest BCUT2D eigenvalue weighted by atomic mass is 10.2. The Morgan fingerprint density at radius 2 is 2.12 bits per heavy atom. The summed E-state index contributed by atoms with van der Waals surface area (Å²) in [5, 5.41) is 0. The Bertz CT molecular complexity index is 76.5. The van der Waals surface area contributed by atoms with Gasteiger partial charge < -0.3 is 0 Å². The second kappa shape index (κ2) is 2.93. The second-order valence-corrected chi connectivity index (χ2v) is 7.15. The molecule has 1 heterocycles. The predicted octanol–water partition coefficient (Wildman–Crippen LogP) is 2.28. The number of thiol groups is 1. The maximum Gasteiger partial charge on any atom is 0.173 e. The fourth-order valence-electron chi connectivity index (χ4n) is 0.781. The van der Waals surface area contributed by atoms with Gasteiger partial charge in [0.25, 0.3) is 0 Å². The Kier molecular flexibility index (Phi) is 2.72. The molecule has 0 nitrogen and oxygen atoms in total. The van der Waals surface area contributed by atoms with Gasteiger partial charge in [-0.2, -0.15) is 0 Å². The smallest absolute Gasteiger partial charge is 0.0566 e. The Hall–Kier alpha value is 1.31. The maximum absolute atomic E-state index is 3.60. The highest BCUT2D eigenvalue weighted by atomic mass is 79.9. The fraction of sp³-hybridized carbons (Fsp3) is 1.00. The molecule has 3 heteroatoms. The molecule has 0 aromatic rings. The molecule has 0 radical (unpaired) electrons. The summed E-state index contributed by atoms with van der Waals surface area (Å²) in [5.41, 5.74) is 0. The highest BCUT2D eigenvalue weighted by Crippen LogP contribution is 2.33. The van der Waals surface area contributed by atoms with Crippen molar-refractivity contribution in [2.75, 3.05) is 0 Å². The van der Waals surface area contributed by atoms with E-state index >= 15 is 0 Å². The number of halogens is 2. The van der Waals surface area contributed by atoms with E-state index in [4.69, 9.17) is 0 Å². The molecule has 0 bridgehead atoms. The molecule has 1 saturated heterocycles. The molecule has 1 aliphatic heterocycles. The van der Waals surface area contributed by atoms with Gasteiger partial charge >= 0.3 is 0 Å². The molecule has 1 aliphatic rings. The van der Waals surface area contributed by atoms with E-state index in [0.717, 1.165) is 14.2 Å². The Balaban J connectivity index is 2.39. The van der Waals surface area contributed by atoms with Gasteiger partial charge in [-0.15, -0.1) is 0 Å². The van der Waals surface area contributed by atoms with E-state index in [2.05, 4.69) is 38.8 Å². The molecular weight excluding hydrogens is 252 g/mol. The average Bonchev–Trinajstić information content (AvgIpc) is 1.85. The van der Waals surface area contributed by atoms with Crippen LogP contribution in [0, 0.1) is 5.92 Å². The molecule has 0 aromatic heterocycles. The normalized spacial score (nSPS) is 47.6. The van der Waals surface area contributed by atoms with Crippen LogP contribution in [0.25, 0.3) is 0 Å². The maximum atomic E-state index is 3.60. The molecule has 0 spiro atoms. The van der Waals surface area contributed by atoms with Crippen molar-refractivity contribution in [3.05, 3.63) is 0 Å². The third kappa shape index (κ3) is 1.64. The molecule has 0 saturated carbocycles. The van der Waals surface area contributed by atoms with Crippen LogP contribution in [0.5, 0.6) is 0 Å². The van der Waals surface area contributed by atoms with Gasteiger partial charge in [-0.1, -0.05) is 6.92 Å². The van der Waals surface area contributed by atoms with Gasteiger partial charge in [-0.3, -0.25) is 0 Å². The summed E-state index contributed by atoms with van der Waals surface area (Å²) in [6.45, 7) is 2.29. The quantitative estimate of drug-likeness (QED) is 0.356. The molecule has 0 aliphatic carbocycles. The summed E-state index contributed by atoms with van der Waals surface area (Å²) < 4.78 is 1.47. The molecular formula is C5H9Br2S+. The van der Waals surface area contributed by atoms with E-state index in [0.29, 0.717) is 0 Å². The van der Waals surface area contributed by atoms with Gasteiger partial charge in [-0.25, -0.2) is 0 Å². The summed E-state index contributed by atoms with van der Waals surface area (Å²) in [4.78, 5) is 0. The van der Waals surface area contributed by atoms with Crippen molar-refractivity contribution in [2.24, 2.45) is 5.92 Å². The first kappa shape index (κ1) is 7.42. The Morgan fingerprint density at radius 3 is 2.25 bits per heavy atom. The van der Waals surface area contributed by atoms with Gasteiger partial charge in [0.05, 0.1) is 0 Å². The highest BCUT2D eigenvalue weighted by molar-refractivity contribution is 9.13. The lowest BCUT2D eigenvalue weighted by Gasteiger charge is -1.95. The zero-order chi connectivity index (χ0) is 6.15. The number of hydrogen-bond acceptors (Lipinski definition) is 0. The van der Waals surface area contributed by atoms with Crippen LogP contribution in [0.1, 0.15) is 13.3 Å². The van der Waals surface area contributed by atoms with Crippen LogP contribution in [0.3, 0.4) is 0 Å². The summed E-state index contributed by atoms with van der Waals surface area (Å²) >= 11 is 8.69. The molecule has 48 valence electrons. The summed E-state index contributed by atoms with van der Waals surface area (Å²) in [7, 11) is 0. The molecule has 1 fully saturated rings. The SMILES string of the molecule is CC1CC(Br)[SH+]C1Br. The second-order valence-electron chi connectivity index (χ2n) is 2.17.